The van der Waals surface area contributed by atoms with Crippen LogP contribution in [0.25, 0.3) is 0 Å². The van der Waals surface area contributed by atoms with Crippen LogP contribution in [0.5, 0.6) is 0 Å². The third-order valence-corrected chi connectivity index (χ3v) is 9.39. The SMILES string of the molecule is CC[C@@](CCCCOC(=O)Cc1cccc(C(=O)c2ccccc2)c1)(OC(=O)CCCCCOC(=O)[C@H](C)c1cccc(C(=O)c2ccccc2)c1)C(=O)O. The molecule has 4 rings (SSSR count). The Labute approximate surface area is 321 Å². The average Bonchev–Trinajstić information content (AvgIpc) is 3.21. The van der Waals surface area contributed by atoms with Gasteiger partial charge >= 0.3 is 23.9 Å². The van der Waals surface area contributed by atoms with Crippen LogP contribution in [0.2, 0.25) is 0 Å². The van der Waals surface area contributed by atoms with E-state index in [4.69, 9.17) is 14.2 Å². The monoisotopic (exact) mass is 748 g/mol. The van der Waals surface area contributed by atoms with Gasteiger partial charge in [-0.25, -0.2) is 4.79 Å². The van der Waals surface area contributed by atoms with Crippen molar-refractivity contribution in [1.82, 2.24) is 0 Å². The number of carboxylic acid groups (broad SMARTS) is 1. The number of hydrogen-bond acceptors (Lipinski definition) is 9. The van der Waals surface area contributed by atoms with Crippen molar-refractivity contribution in [2.75, 3.05) is 13.2 Å². The number of hydrogen-bond donors (Lipinski definition) is 1. The zero-order valence-electron chi connectivity index (χ0n) is 31.4. The highest BCUT2D eigenvalue weighted by atomic mass is 16.6. The van der Waals surface area contributed by atoms with E-state index in [1.807, 2.05) is 12.1 Å². The Kier molecular flexibility index (Phi) is 16.1. The third-order valence-electron chi connectivity index (χ3n) is 9.39. The van der Waals surface area contributed by atoms with Gasteiger partial charge in [-0.05, 0) is 75.1 Å². The third kappa shape index (κ3) is 12.6. The summed E-state index contributed by atoms with van der Waals surface area (Å²) in [5.41, 5.74) is 1.69. The second-order valence-corrected chi connectivity index (χ2v) is 13.4. The normalized spacial score (nSPS) is 12.5. The second-order valence-electron chi connectivity index (χ2n) is 13.4. The molecule has 55 heavy (non-hydrogen) atoms. The lowest BCUT2D eigenvalue weighted by Gasteiger charge is -2.28. The number of esters is 3. The summed E-state index contributed by atoms with van der Waals surface area (Å²) in [5.74, 6) is -3.60. The summed E-state index contributed by atoms with van der Waals surface area (Å²) in [6.07, 6.45) is 2.34. The van der Waals surface area contributed by atoms with E-state index in [0.29, 0.717) is 65.5 Å². The van der Waals surface area contributed by atoms with E-state index in [2.05, 4.69) is 0 Å². The summed E-state index contributed by atoms with van der Waals surface area (Å²) in [4.78, 5) is 75.7. The summed E-state index contributed by atoms with van der Waals surface area (Å²) < 4.78 is 16.3. The van der Waals surface area contributed by atoms with Crippen LogP contribution in [0, 0.1) is 0 Å². The largest absolute Gasteiger partial charge is 0.478 e. The van der Waals surface area contributed by atoms with E-state index in [1.165, 1.54) is 0 Å². The molecule has 0 aliphatic carbocycles. The van der Waals surface area contributed by atoms with Gasteiger partial charge in [-0.2, -0.15) is 0 Å². The minimum Gasteiger partial charge on any atom is -0.478 e. The minimum atomic E-state index is -1.69. The number of carbonyl (C=O) groups excluding carboxylic acids is 5. The molecule has 0 aliphatic heterocycles. The van der Waals surface area contributed by atoms with Crippen LogP contribution in [0.3, 0.4) is 0 Å². The fraction of sp³-hybridized carbons (Fsp3) is 0.333. The van der Waals surface area contributed by atoms with Crippen LogP contribution < -0.4 is 0 Å². The fourth-order valence-corrected chi connectivity index (χ4v) is 6.05. The smallest absolute Gasteiger partial charge is 0.348 e. The van der Waals surface area contributed by atoms with Crippen molar-refractivity contribution in [3.8, 4) is 0 Å². The molecule has 4 aromatic carbocycles. The molecule has 0 unspecified atom stereocenters. The lowest BCUT2D eigenvalue weighted by molar-refractivity contribution is -0.180. The Hall–Kier alpha value is -5.90. The molecular formula is C45H48O10. The fourth-order valence-electron chi connectivity index (χ4n) is 6.05. The van der Waals surface area contributed by atoms with Crippen molar-refractivity contribution in [3.63, 3.8) is 0 Å². The van der Waals surface area contributed by atoms with Crippen molar-refractivity contribution >= 4 is 35.4 Å². The Bertz CT molecular complexity index is 1920. The summed E-state index contributed by atoms with van der Waals surface area (Å²) in [5, 5.41) is 9.98. The number of ether oxygens (including phenoxy) is 3. The van der Waals surface area contributed by atoms with E-state index >= 15 is 0 Å². The van der Waals surface area contributed by atoms with Crippen molar-refractivity contribution in [2.45, 2.75) is 83.2 Å². The Morgan fingerprint density at radius 3 is 1.80 bits per heavy atom. The van der Waals surface area contributed by atoms with Gasteiger partial charge in [0.1, 0.15) is 0 Å². The first kappa shape index (κ1) is 41.9. The number of carbonyl (C=O) groups is 6. The first-order valence-electron chi connectivity index (χ1n) is 18.7. The van der Waals surface area contributed by atoms with E-state index in [9.17, 15) is 33.9 Å². The molecule has 0 spiro atoms. The van der Waals surface area contributed by atoms with E-state index in [1.54, 1.807) is 111 Å². The molecular weight excluding hydrogens is 700 g/mol. The number of unbranched alkanes of at least 4 members (excludes halogenated alkanes) is 3. The number of benzene rings is 4. The average molecular weight is 749 g/mol. The van der Waals surface area contributed by atoms with Crippen LogP contribution in [-0.2, 0) is 39.8 Å². The summed E-state index contributed by atoms with van der Waals surface area (Å²) in [7, 11) is 0. The van der Waals surface area contributed by atoms with Gasteiger partial charge in [-0.1, -0.05) is 104 Å². The highest BCUT2D eigenvalue weighted by molar-refractivity contribution is 6.09. The van der Waals surface area contributed by atoms with Gasteiger partial charge in [-0.3, -0.25) is 24.0 Å². The lowest BCUT2D eigenvalue weighted by atomic mass is 9.93. The van der Waals surface area contributed by atoms with Gasteiger partial charge < -0.3 is 19.3 Å². The Morgan fingerprint density at radius 2 is 1.18 bits per heavy atom. The molecule has 0 fully saturated rings. The predicted molar refractivity (Wildman–Crippen MR) is 206 cm³/mol. The molecule has 0 aliphatic rings. The molecule has 0 bridgehead atoms. The highest BCUT2D eigenvalue weighted by Gasteiger charge is 2.40. The first-order valence-corrected chi connectivity index (χ1v) is 18.7. The van der Waals surface area contributed by atoms with Gasteiger partial charge in [0.05, 0.1) is 25.6 Å². The summed E-state index contributed by atoms with van der Waals surface area (Å²) >= 11 is 0. The van der Waals surface area contributed by atoms with Gasteiger partial charge in [0.2, 0.25) is 5.60 Å². The molecule has 0 aromatic heterocycles. The van der Waals surface area contributed by atoms with Crippen molar-refractivity contribution in [2.24, 2.45) is 0 Å². The lowest BCUT2D eigenvalue weighted by Crippen LogP contribution is -2.43. The Balaban J connectivity index is 1.12. The topological polar surface area (TPSA) is 150 Å². The molecule has 2 atom stereocenters. The molecule has 0 heterocycles. The predicted octanol–water partition coefficient (Wildman–Crippen LogP) is 8.09. The number of ketones is 2. The second kappa shape index (κ2) is 21.1. The molecule has 0 amide bonds. The van der Waals surface area contributed by atoms with Crippen molar-refractivity contribution < 1.29 is 48.1 Å². The summed E-state index contributed by atoms with van der Waals surface area (Å²) in [6, 6.07) is 31.5. The molecule has 10 nitrogen and oxygen atoms in total. The zero-order valence-corrected chi connectivity index (χ0v) is 31.4. The van der Waals surface area contributed by atoms with Crippen molar-refractivity contribution in [1.29, 1.82) is 0 Å². The molecule has 0 radical (unpaired) electrons. The molecule has 1 N–H and O–H groups in total. The van der Waals surface area contributed by atoms with Crippen molar-refractivity contribution in [3.05, 3.63) is 143 Å². The van der Waals surface area contributed by atoms with Gasteiger partial charge in [-0.15, -0.1) is 0 Å². The number of carboxylic acids is 1. The summed E-state index contributed by atoms with van der Waals surface area (Å²) in [6.45, 7) is 3.59. The van der Waals surface area contributed by atoms with Gasteiger partial charge in [0.15, 0.2) is 11.6 Å². The van der Waals surface area contributed by atoms with Crippen LogP contribution in [0.1, 0.15) is 114 Å². The van der Waals surface area contributed by atoms with Crippen LogP contribution in [-0.4, -0.2) is 59.4 Å². The maximum Gasteiger partial charge on any atom is 0.348 e. The van der Waals surface area contributed by atoms with Crippen LogP contribution in [0.15, 0.2) is 109 Å². The van der Waals surface area contributed by atoms with E-state index in [-0.39, 0.29) is 50.5 Å². The maximum absolute atomic E-state index is 12.8. The van der Waals surface area contributed by atoms with Crippen LogP contribution in [0.4, 0.5) is 0 Å². The van der Waals surface area contributed by atoms with Gasteiger partial charge in [0, 0.05) is 28.7 Å². The standard InChI is InChI=1S/C45H48O10/c1-3-45(44(51)52,26-12-14-27-53-40(47)30-33-17-15-23-37(29-33)41(48)34-18-7-4-8-19-34)55-39(46)25-11-6-13-28-54-43(50)32(2)36-22-16-24-38(31-36)42(49)35-20-9-5-10-21-35/h4-5,7-10,15-24,29,31-32H,3,6,11-14,25-28,30H2,1-2H3,(H,51,52)/t32-,45+/m1/s1. The Morgan fingerprint density at radius 1 is 0.618 bits per heavy atom. The highest BCUT2D eigenvalue weighted by Crippen LogP contribution is 2.26. The molecule has 10 heteroatoms. The minimum absolute atomic E-state index is 0.0113. The molecule has 0 saturated heterocycles. The van der Waals surface area contributed by atoms with Crippen LogP contribution >= 0.6 is 0 Å². The zero-order chi connectivity index (χ0) is 39.6. The number of aliphatic carboxylic acids is 1. The quantitative estimate of drug-likeness (QED) is 0.0362. The maximum atomic E-state index is 12.8. The first-order chi connectivity index (χ1) is 26.5. The van der Waals surface area contributed by atoms with Gasteiger partial charge in [0.25, 0.3) is 0 Å². The molecule has 288 valence electrons. The van der Waals surface area contributed by atoms with E-state index < -0.39 is 35.4 Å². The molecule has 4 aromatic rings. The van der Waals surface area contributed by atoms with E-state index in [0.717, 1.165) is 0 Å². The molecule has 0 saturated carbocycles. The number of rotatable bonds is 22.